The number of carbonyl (C=O) groups is 2. The molecule has 1 heterocycles. The van der Waals surface area contributed by atoms with Crippen LogP contribution in [-0.2, 0) is 11.2 Å². The molecule has 8 heteroatoms. The molecular weight excluding hydrogens is 386 g/mol. The maximum Gasteiger partial charge on any atom is 0.317 e. The molecule has 0 bridgehead atoms. The van der Waals surface area contributed by atoms with Crippen LogP contribution in [0.4, 0.5) is 9.93 Å². The van der Waals surface area contributed by atoms with Crippen molar-refractivity contribution < 1.29 is 9.59 Å². The van der Waals surface area contributed by atoms with Crippen molar-refractivity contribution in [1.82, 2.24) is 20.4 Å². The largest absolute Gasteiger partial charge is 0.331 e. The number of anilines is 1. The van der Waals surface area contributed by atoms with Gasteiger partial charge in [-0.15, -0.1) is 10.2 Å². The molecule has 0 aliphatic carbocycles. The molecule has 3 aromatic rings. The number of hydrogen-bond acceptors (Lipinski definition) is 5. The smallest absolute Gasteiger partial charge is 0.317 e. The number of carbonyl (C=O) groups excluding carboxylic acids is 2. The van der Waals surface area contributed by atoms with E-state index < -0.39 is 6.04 Å². The molecule has 3 amide bonds. The number of hydrogen-bond donors (Lipinski definition) is 2. The maximum absolute atomic E-state index is 12.9. The summed E-state index contributed by atoms with van der Waals surface area (Å²) in [5.41, 5.74) is 3.02. The van der Waals surface area contributed by atoms with E-state index in [4.69, 9.17) is 0 Å². The van der Waals surface area contributed by atoms with E-state index in [-0.39, 0.29) is 11.9 Å². The highest BCUT2D eigenvalue weighted by Crippen LogP contribution is 2.27. The van der Waals surface area contributed by atoms with Gasteiger partial charge in [-0.3, -0.25) is 10.1 Å². The second kappa shape index (κ2) is 9.29. The summed E-state index contributed by atoms with van der Waals surface area (Å²) in [5.74, 6) is -0.337. The van der Waals surface area contributed by atoms with E-state index in [2.05, 4.69) is 20.8 Å². The summed E-state index contributed by atoms with van der Waals surface area (Å²) in [5, 5.41) is 14.9. The summed E-state index contributed by atoms with van der Waals surface area (Å²) in [7, 11) is 3.26. The molecule has 0 saturated heterocycles. The van der Waals surface area contributed by atoms with Crippen molar-refractivity contribution in [2.75, 3.05) is 19.4 Å². The highest BCUT2D eigenvalue weighted by Gasteiger charge is 2.23. The second-order valence-electron chi connectivity index (χ2n) is 6.86. The van der Waals surface area contributed by atoms with Crippen molar-refractivity contribution in [3.63, 3.8) is 0 Å². The Morgan fingerprint density at radius 3 is 2.52 bits per heavy atom. The van der Waals surface area contributed by atoms with Gasteiger partial charge >= 0.3 is 6.03 Å². The Morgan fingerprint density at radius 2 is 1.83 bits per heavy atom. The molecular formula is C21H23N5O2S. The van der Waals surface area contributed by atoms with Gasteiger partial charge in [-0.1, -0.05) is 65.4 Å². The Balaban J connectivity index is 1.74. The van der Waals surface area contributed by atoms with E-state index in [1.807, 2.05) is 61.5 Å². The molecule has 150 valence electrons. The fraction of sp³-hybridized carbons (Fsp3) is 0.238. The number of urea groups is 1. The summed E-state index contributed by atoms with van der Waals surface area (Å²) < 4.78 is 0. The van der Waals surface area contributed by atoms with E-state index in [9.17, 15) is 9.59 Å². The van der Waals surface area contributed by atoms with Gasteiger partial charge < -0.3 is 10.2 Å². The first kappa shape index (κ1) is 20.5. The Morgan fingerprint density at radius 1 is 1.07 bits per heavy atom. The number of amides is 3. The van der Waals surface area contributed by atoms with E-state index in [0.717, 1.165) is 21.7 Å². The van der Waals surface area contributed by atoms with Crippen LogP contribution in [0.2, 0.25) is 0 Å². The summed E-state index contributed by atoms with van der Waals surface area (Å²) in [6.45, 7) is 2.01. The lowest BCUT2D eigenvalue weighted by molar-refractivity contribution is -0.117. The van der Waals surface area contributed by atoms with Crippen LogP contribution in [0.15, 0.2) is 54.6 Å². The van der Waals surface area contributed by atoms with Gasteiger partial charge in [0.1, 0.15) is 11.0 Å². The van der Waals surface area contributed by atoms with Crippen LogP contribution < -0.4 is 10.6 Å². The van der Waals surface area contributed by atoms with Crippen molar-refractivity contribution in [2.24, 2.45) is 0 Å². The molecule has 0 aliphatic heterocycles. The monoisotopic (exact) mass is 409 g/mol. The zero-order valence-corrected chi connectivity index (χ0v) is 17.4. The maximum atomic E-state index is 12.9. The highest BCUT2D eigenvalue weighted by molar-refractivity contribution is 7.18. The molecule has 0 unspecified atom stereocenters. The fourth-order valence-corrected chi connectivity index (χ4v) is 3.44. The standard InChI is InChI=1S/C21H23N5O2S/c1-14-8-7-11-16(12-14)19-24-25-20(29-19)23-18(27)17(22-21(28)26(2)3)13-15-9-5-4-6-10-15/h4-12,17H,13H2,1-3H3,(H,22,28)(H,23,25,27)/t17-/m1/s1. The average molecular weight is 410 g/mol. The van der Waals surface area contributed by atoms with Crippen LogP contribution >= 0.6 is 11.3 Å². The van der Waals surface area contributed by atoms with Crippen molar-refractivity contribution in [3.05, 3.63) is 65.7 Å². The van der Waals surface area contributed by atoms with Crippen LogP contribution in [0.25, 0.3) is 10.6 Å². The molecule has 29 heavy (non-hydrogen) atoms. The molecule has 1 atom stereocenters. The Kier molecular flexibility index (Phi) is 6.56. The zero-order valence-electron chi connectivity index (χ0n) is 16.5. The normalized spacial score (nSPS) is 11.6. The first-order valence-corrected chi connectivity index (χ1v) is 9.97. The highest BCUT2D eigenvalue weighted by atomic mass is 32.1. The minimum Gasteiger partial charge on any atom is -0.331 e. The molecule has 0 fully saturated rings. The van der Waals surface area contributed by atoms with Crippen LogP contribution in [0.1, 0.15) is 11.1 Å². The third-order valence-corrected chi connectivity index (χ3v) is 5.11. The van der Waals surface area contributed by atoms with E-state index in [1.165, 1.54) is 16.2 Å². The lowest BCUT2D eigenvalue weighted by atomic mass is 10.1. The van der Waals surface area contributed by atoms with Gasteiger partial charge in [-0.25, -0.2) is 4.79 Å². The Labute approximate surface area is 173 Å². The molecule has 0 spiro atoms. The quantitative estimate of drug-likeness (QED) is 0.654. The SMILES string of the molecule is Cc1cccc(-c2nnc(NC(=O)[C@@H](Cc3ccccc3)NC(=O)N(C)C)s2)c1. The van der Waals surface area contributed by atoms with Gasteiger partial charge in [-0.2, -0.15) is 0 Å². The predicted octanol–water partition coefficient (Wildman–Crippen LogP) is 3.33. The van der Waals surface area contributed by atoms with Gasteiger partial charge in [0.05, 0.1) is 0 Å². The zero-order chi connectivity index (χ0) is 20.8. The molecule has 2 N–H and O–H groups in total. The molecule has 3 rings (SSSR count). The van der Waals surface area contributed by atoms with E-state index in [1.54, 1.807) is 14.1 Å². The van der Waals surface area contributed by atoms with E-state index in [0.29, 0.717) is 11.6 Å². The van der Waals surface area contributed by atoms with Crippen molar-refractivity contribution in [2.45, 2.75) is 19.4 Å². The predicted molar refractivity (Wildman–Crippen MR) is 115 cm³/mol. The molecule has 2 aromatic carbocycles. The number of nitrogens with one attached hydrogen (secondary N) is 2. The molecule has 0 saturated carbocycles. The number of rotatable bonds is 6. The van der Waals surface area contributed by atoms with Gasteiger partial charge in [0.25, 0.3) is 0 Å². The lowest BCUT2D eigenvalue weighted by Crippen LogP contribution is -2.48. The third kappa shape index (κ3) is 5.61. The second-order valence-corrected chi connectivity index (χ2v) is 7.83. The number of nitrogens with zero attached hydrogens (tertiary/aromatic N) is 3. The van der Waals surface area contributed by atoms with E-state index >= 15 is 0 Å². The van der Waals surface area contributed by atoms with Gasteiger partial charge in [0.15, 0.2) is 0 Å². The Hall–Kier alpha value is -3.26. The van der Waals surface area contributed by atoms with Crippen LogP contribution in [0.5, 0.6) is 0 Å². The average Bonchev–Trinajstić information content (AvgIpc) is 3.16. The molecule has 1 aromatic heterocycles. The molecule has 7 nitrogen and oxygen atoms in total. The first-order valence-electron chi connectivity index (χ1n) is 9.15. The van der Waals surface area contributed by atoms with Gasteiger partial charge in [-0.05, 0) is 18.6 Å². The summed E-state index contributed by atoms with van der Waals surface area (Å²) in [6.07, 6.45) is 0.371. The fourth-order valence-electron chi connectivity index (χ4n) is 2.70. The minimum atomic E-state index is -0.737. The summed E-state index contributed by atoms with van der Waals surface area (Å²) >= 11 is 1.29. The number of benzene rings is 2. The van der Waals surface area contributed by atoms with Crippen LogP contribution in [0, 0.1) is 6.92 Å². The number of aromatic nitrogens is 2. The Bertz CT molecular complexity index is 988. The number of aryl methyl sites for hydroxylation is 1. The van der Waals surface area contributed by atoms with Crippen molar-refractivity contribution >= 4 is 28.4 Å². The van der Waals surface area contributed by atoms with Gasteiger partial charge in [0.2, 0.25) is 11.0 Å². The summed E-state index contributed by atoms with van der Waals surface area (Å²) in [4.78, 5) is 26.4. The van der Waals surface area contributed by atoms with Crippen LogP contribution in [0.3, 0.4) is 0 Å². The topological polar surface area (TPSA) is 87.2 Å². The van der Waals surface area contributed by atoms with Crippen molar-refractivity contribution in [1.29, 1.82) is 0 Å². The van der Waals surface area contributed by atoms with Gasteiger partial charge in [0, 0.05) is 26.1 Å². The first-order chi connectivity index (χ1) is 13.9. The van der Waals surface area contributed by atoms with Crippen LogP contribution in [-0.4, -0.2) is 47.2 Å². The minimum absolute atomic E-state index is 0.334. The molecule has 0 radical (unpaired) electrons. The van der Waals surface area contributed by atoms with Crippen molar-refractivity contribution in [3.8, 4) is 10.6 Å². The third-order valence-electron chi connectivity index (χ3n) is 4.22. The lowest BCUT2D eigenvalue weighted by Gasteiger charge is -2.20. The molecule has 0 aliphatic rings. The summed E-state index contributed by atoms with van der Waals surface area (Å²) in [6, 6.07) is 16.4.